The van der Waals surface area contributed by atoms with Gasteiger partial charge >= 0.3 is 0 Å². The summed E-state index contributed by atoms with van der Waals surface area (Å²) in [6, 6.07) is 45.3. The average Bonchev–Trinajstić information content (AvgIpc) is 3.22. The molecule has 0 saturated carbocycles. The number of benzene rings is 7. The molecule has 0 N–H and O–H groups in total. The van der Waals surface area contributed by atoms with E-state index in [2.05, 4.69) is 11.8 Å². The summed E-state index contributed by atoms with van der Waals surface area (Å²) in [6.07, 6.45) is 10.9. The number of sulfone groups is 2. The Labute approximate surface area is 325 Å². The maximum Gasteiger partial charge on any atom is 0.206 e. The van der Waals surface area contributed by atoms with Crippen molar-refractivity contribution in [1.82, 2.24) is 0 Å². The van der Waals surface area contributed by atoms with Crippen molar-refractivity contribution in [2.45, 2.75) is 19.6 Å². The molecule has 7 aromatic rings. The Morgan fingerprint density at radius 1 is 0.321 bits per heavy atom. The van der Waals surface area contributed by atoms with Gasteiger partial charge in [0.25, 0.3) is 0 Å². The molecule has 0 fully saturated rings. The van der Waals surface area contributed by atoms with Gasteiger partial charge in [-0.15, -0.1) is 12.8 Å². The Balaban J connectivity index is 0.959. The van der Waals surface area contributed by atoms with Crippen LogP contribution in [0, 0.1) is 24.7 Å². The molecule has 8 nitrogen and oxygen atoms in total. The van der Waals surface area contributed by atoms with Crippen LogP contribution in [0.3, 0.4) is 0 Å². The Hall–Kier alpha value is -7.24. The first-order chi connectivity index (χ1) is 27.1. The smallest absolute Gasteiger partial charge is 0.206 e. The van der Waals surface area contributed by atoms with Crippen LogP contribution in [0.4, 0.5) is 0 Å². The highest BCUT2D eigenvalue weighted by Gasteiger charge is 2.19. The highest BCUT2D eigenvalue weighted by atomic mass is 32.2. The minimum absolute atomic E-state index is 0.0944. The van der Waals surface area contributed by atoms with Crippen LogP contribution in [-0.2, 0) is 19.7 Å². The second-order valence-electron chi connectivity index (χ2n) is 12.1. The van der Waals surface area contributed by atoms with Crippen molar-refractivity contribution in [1.29, 1.82) is 0 Å². The Morgan fingerprint density at radius 2 is 0.607 bits per heavy atom. The average molecular weight is 775 g/mol. The van der Waals surface area contributed by atoms with Gasteiger partial charge in [-0.3, -0.25) is 0 Å². The van der Waals surface area contributed by atoms with Crippen LogP contribution in [0.5, 0.6) is 46.0 Å². The molecule has 274 valence electrons. The second kappa shape index (κ2) is 16.0. The van der Waals surface area contributed by atoms with Crippen molar-refractivity contribution in [2.24, 2.45) is 0 Å². The van der Waals surface area contributed by atoms with E-state index < -0.39 is 19.7 Å². The summed E-state index contributed by atoms with van der Waals surface area (Å²) in [5, 5.41) is 0. The van der Waals surface area contributed by atoms with E-state index in [0.717, 1.165) is 5.56 Å². The van der Waals surface area contributed by atoms with E-state index in [1.54, 1.807) is 121 Å². The van der Waals surface area contributed by atoms with E-state index in [4.69, 9.17) is 31.8 Å². The summed E-state index contributed by atoms with van der Waals surface area (Å²) in [6.45, 7) is 0. The first-order valence-electron chi connectivity index (χ1n) is 16.9. The first-order valence-corrected chi connectivity index (χ1v) is 19.9. The molecule has 7 rings (SSSR count). The predicted molar refractivity (Wildman–Crippen MR) is 212 cm³/mol. The molecular weight excluding hydrogens is 745 g/mol. The lowest BCUT2D eigenvalue weighted by molar-refractivity contribution is 0.460. The summed E-state index contributed by atoms with van der Waals surface area (Å²) < 4.78 is 76.9. The third-order valence-electron chi connectivity index (χ3n) is 8.31. The molecule has 0 radical (unpaired) electrons. The van der Waals surface area contributed by atoms with Gasteiger partial charge in [0.2, 0.25) is 19.7 Å². The molecule has 0 unspecified atom stereocenters. The number of hydrogen-bond donors (Lipinski definition) is 0. The van der Waals surface area contributed by atoms with E-state index in [-0.39, 0.29) is 19.6 Å². The van der Waals surface area contributed by atoms with Crippen molar-refractivity contribution >= 4 is 19.7 Å². The molecule has 0 bridgehead atoms. The zero-order valence-corrected chi connectivity index (χ0v) is 31.0. The largest absolute Gasteiger partial charge is 0.457 e. The molecule has 0 aromatic heterocycles. The minimum Gasteiger partial charge on any atom is -0.457 e. The third-order valence-corrected chi connectivity index (χ3v) is 11.9. The zero-order valence-electron chi connectivity index (χ0n) is 29.4. The van der Waals surface area contributed by atoms with Crippen LogP contribution in [0.25, 0.3) is 0 Å². The highest BCUT2D eigenvalue weighted by Crippen LogP contribution is 2.32. The van der Waals surface area contributed by atoms with E-state index in [9.17, 15) is 16.8 Å². The fraction of sp³-hybridized carbons (Fsp3) is 0. The predicted octanol–water partition coefficient (Wildman–Crippen LogP) is 10.5. The molecule has 0 heterocycles. The van der Waals surface area contributed by atoms with Crippen molar-refractivity contribution in [2.75, 3.05) is 0 Å². The van der Waals surface area contributed by atoms with Crippen molar-refractivity contribution in [3.8, 4) is 70.7 Å². The van der Waals surface area contributed by atoms with Gasteiger partial charge in [0.1, 0.15) is 46.0 Å². The SMILES string of the molecule is C#Cc1ccc(Oc2ccc(S(=O)(=O)c3ccc(Oc4cccc(Oc5ccc(S(=O)(=O)c6ccc(Oc7cccc(C#C)c7)cc6)cc5)c4)cc3)cc2)cc1. The lowest BCUT2D eigenvalue weighted by Crippen LogP contribution is -2.02. The van der Waals surface area contributed by atoms with Gasteiger partial charge in [-0.05, 0) is 152 Å². The van der Waals surface area contributed by atoms with Gasteiger partial charge in [-0.2, -0.15) is 0 Å². The van der Waals surface area contributed by atoms with Crippen LogP contribution >= 0.6 is 0 Å². The van der Waals surface area contributed by atoms with Crippen LogP contribution in [0.2, 0.25) is 0 Å². The van der Waals surface area contributed by atoms with Crippen molar-refractivity contribution in [3.63, 3.8) is 0 Å². The molecular formula is C46H30O8S2. The summed E-state index contributed by atoms with van der Waals surface area (Å²) in [7, 11) is -7.63. The van der Waals surface area contributed by atoms with Gasteiger partial charge < -0.3 is 18.9 Å². The quantitative estimate of drug-likeness (QED) is 0.113. The zero-order chi connectivity index (χ0) is 39.1. The Bertz CT molecular complexity index is 2800. The minimum atomic E-state index is -3.82. The van der Waals surface area contributed by atoms with E-state index in [1.165, 1.54) is 48.5 Å². The number of terminal acetylenes is 2. The van der Waals surface area contributed by atoms with E-state index in [0.29, 0.717) is 51.6 Å². The van der Waals surface area contributed by atoms with Gasteiger partial charge in [0, 0.05) is 17.2 Å². The summed E-state index contributed by atoms with van der Waals surface area (Å²) in [5.41, 5.74) is 1.40. The second-order valence-corrected chi connectivity index (χ2v) is 16.0. The molecule has 10 heteroatoms. The molecule has 0 spiro atoms. The van der Waals surface area contributed by atoms with Crippen LogP contribution in [0.15, 0.2) is 189 Å². The van der Waals surface area contributed by atoms with Crippen molar-refractivity contribution < 1.29 is 35.8 Å². The Kier molecular flexibility index (Phi) is 10.6. The molecule has 0 saturated heterocycles. The van der Waals surface area contributed by atoms with E-state index >= 15 is 0 Å². The van der Waals surface area contributed by atoms with Crippen LogP contribution in [-0.4, -0.2) is 16.8 Å². The highest BCUT2D eigenvalue weighted by molar-refractivity contribution is 7.91. The normalized spacial score (nSPS) is 11.1. The molecule has 56 heavy (non-hydrogen) atoms. The first kappa shape index (κ1) is 37.1. The lowest BCUT2D eigenvalue weighted by Gasteiger charge is -2.11. The summed E-state index contributed by atoms with van der Waals surface area (Å²) in [5.74, 6) is 8.86. The Morgan fingerprint density at radius 3 is 0.946 bits per heavy atom. The summed E-state index contributed by atoms with van der Waals surface area (Å²) in [4.78, 5) is 0.410. The molecule has 0 aliphatic rings. The maximum absolute atomic E-state index is 13.3. The van der Waals surface area contributed by atoms with Crippen molar-refractivity contribution in [3.05, 3.63) is 181 Å². The monoisotopic (exact) mass is 774 g/mol. The van der Waals surface area contributed by atoms with Crippen LogP contribution in [0.1, 0.15) is 11.1 Å². The van der Waals surface area contributed by atoms with Crippen LogP contribution < -0.4 is 18.9 Å². The number of hydrogen-bond acceptors (Lipinski definition) is 8. The van der Waals surface area contributed by atoms with E-state index in [1.807, 2.05) is 0 Å². The molecule has 7 aromatic carbocycles. The van der Waals surface area contributed by atoms with Gasteiger partial charge in [0.15, 0.2) is 0 Å². The fourth-order valence-electron chi connectivity index (χ4n) is 5.43. The van der Waals surface area contributed by atoms with Gasteiger partial charge in [-0.1, -0.05) is 24.0 Å². The molecule has 0 atom stereocenters. The lowest BCUT2D eigenvalue weighted by atomic mass is 10.2. The third kappa shape index (κ3) is 8.59. The standard InChI is InChI=1S/C46H30O8S2/c1-3-33-11-13-35(14-12-33)51-36-15-23-43(24-16-36)55(47,48)45-27-19-38(20-28-45)53-41-9-6-10-42(32-41)54-39-21-29-46(30-22-39)56(49,50)44-25-17-37(18-26-44)52-40-8-5-7-34(4-2)31-40/h1-2,5-32H. The maximum atomic E-state index is 13.3. The number of rotatable bonds is 12. The van der Waals surface area contributed by atoms with Gasteiger partial charge in [0.05, 0.1) is 19.6 Å². The van der Waals surface area contributed by atoms with Gasteiger partial charge in [-0.25, -0.2) is 16.8 Å². The molecule has 0 aliphatic carbocycles. The molecule has 0 aliphatic heterocycles. The summed E-state index contributed by atoms with van der Waals surface area (Å²) >= 11 is 0. The molecule has 0 amide bonds. The number of ether oxygens (including phenoxy) is 4. The fourth-order valence-corrected chi connectivity index (χ4v) is 7.96. The topological polar surface area (TPSA) is 105 Å².